The van der Waals surface area contributed by atoms with E-state index in [0.29, 0.717) is 19.4 Å². The SMILES string of the molecule is CN1C(=O)[C@H](Cc2ccc(OCCCCc3cn(C(COCC(O)CO)COCC(O)CO)nn3)cc2)NC1(C)C. The van der Waals surface area contributed by atoms with Gasteiger partial charge in [0, 0.05) is 13.2 Å². The molecule has 1 aromatic carbocycles. The molecule has 5 N–H and O–H groups in total. The maximum atomic E-state index is 12.5. The highest BCUT2D eigenvalue weighted by atomic mass is 16.5. The van der Waals surface area contributed by atoms with Crippen LogP contribution < -0.4 is 10.1 Å². The van der Waals surface area contributed by atoms with Gasteiger partial charge in [-0.25, -0.2) is 4.68 Å². The lowest BCUT2D eigenvalue weighted by Crippen LogP contribution is -2.45. The molecule has 2 heterocycles. The Kier molecular flexibility index (Phi) is 12.9. The topological polar surface area (TPSA) is 172 Å². The van der Waals surface area contributed by atoms with Crippen molar-refractivity contribution >= 4 is 5.91 Å². The van der Waals surface area contributed by atoms with E-state index in [1.54, 1.807) is 9.58 Å². The van der Waals surface area contributed by atoms with Crippen LogP contribution in [-0.2, 0) is 27.1 Å². The molecule has 230 valence electrons. The van der Waals surface area contributed by atoms with Crippen molar-refractivity contribution in [3.05, 3.63) is 41.7 Å². The molecule has 13 heteroatoms. The average molecular weight is 580 g/mol. The zero-order chi connectivity index (χ0) is 29.8. The highest BCUT2D eigenvalue weighted by Gasteiger charge is 2.41. The number of nitrogens with one attached hydrogen (secondary N) is 1. The molecule has 1 aliphatic heterocycles. The molecule has 13 nitrogen and oxygen atoms in total. The fraction of sp³-hybridized carbons (Fsp3) is 0.679. The first-order chi connectivity index (χ1) is 19.6. The maximum Gasteiger partial charge on any atom is 0.241 e. The van der Waals surface area contributed by atoms with E-state index in [1.807, 2.05) is 51.4 Å². The van der Waals surface area contributed by atoms with Crippen molar-refractivity contribution in [3.63, 3.8) is 0 Å². The van der Waals surface area contributed by atoms with Gasteiger partial charge < -0.3 is 39.5 Å². The van der Waals surface area contributed by atoms with Crippen molar-refractivity contribution in [2.75, 3.05) is 53.3 Å². The molecule has 2 unspecified atom stereocenters. The van der Waals surface area contributed by atoms with E-state index in [-0.39, 0.29) is 50.1 Å². The zero-order valence-corrected chi connectivity index (χ0v) is 24.2. The van der Waals surface area contributed by atoms with Crippen molar-refractivity contribution in [2.45, 2.75) is 69.5 Å². The van der Waals surface area contributed by atoms with E-state index in [9.17, 15) is 15.0 Å². The Morgan fingerprint density at radius 2 is 1.63 bits per heavy atom. The van der Waals surface area contributed by atoms with Gasteiger partial charge in [0.25, 0.3) is 0 Å². The Balaban J connectivity index is 1.39. The third kappa shape index (κ3) is 10.3. The maximum absolute atomic E-state index is 12.5. The molecule has 1 fully saturated rings. The number of aromatic nitrogens is 3. The Hall–Kier alpha value is -2.65. The summed E-state index contributed by atoms with van der Waals surface area (Å²) in [7, 11) is 1.82. The number of carbonyl (C=O) groups excluding carboxylic acids is 1. The predicted octanol–water partition coefficient (Wildman–Crippen LogP) is -0.331. The summed E-state index contributed by atoms with van der Waals surface area (Å²) in [5.74, 6) is 0.881. The van der Waals surface area contributed by atoms with Crippen molar-refractivity contribution in [1.29, 1.82) is 0 Å². The summed E-state index contributed by atoms with van der Waals surface area (Å²) in [6, 6.07) is 7.25. The summed E-state index contributed by atoms with van der Waals surface area (Å²) in [6.07, 6.45) is 2.86. The van der Waals surface area contributed by atoms with Gasteiger partial charge in [-0.15, -0.1) is 5.10 Å². The second-order valence-corrected chi connectivity index (χ2v) is 10.9. The number of unbranched alkanes of at least 4 members (excludes halogenated alkanes) is 1. The summed E-state index contributed by atoms with van der Waals surface area (Å²) >= 11 is 0. The van der Waals surface area contributed by atoms with Crippen LogP contribution in [0.25, 0.3) is 0 Å². The van der Waals surface area contributed by atoms with E-state index < -0.39 is 25.4 Å². The number of ether oxygens (including phenoxy) is 3. The first-order valence-corrected chi connectivity index (χ1v) is 14.0. The molecule has 1 aromatic heterocycles. The van der Waals surface area contributed by atoms with Gasteiger partial charge in [0.05, 0.1) is 63.6 Å². The van der Waals surface area contributed by atoms with E-state index in [0.717, 1.165) is 29.8 Å². The lowest BCUT2D eigenvalue weighted by atomic mass is 10.1. The molecule has 1 aliphatic rings. The first kappa shape index (κ1) is 32.9. The molecule has 3 rings (SSSR count). The van der Waals surface area contributed by atoms with Crippen LogP contribution in [0.2, 0.25) is 0 Å². The third-order valence-corrected chi connectivity index (χ3v) is 7.05. The van der Waals surface area contributed by atoms with Crippen LogP contribution >= 0.6 is 0 Å². The molecule has 0 spiro atoms. The largest absolute Gasteiger partial charge is 0.494 e. The summed E-state index contributed by atoms with van der Waals surface area (Å²) in [6.45, 7) is 3.99. The quantitative estimate of drug-likeness (QED) is 0.138. The Morgan fingerprint density at radius 3 is 2.20 bits per heavy atom. The third-order valence-electron chi connectivity index (χ3n) is 7.05. The molecule has 1 amide bonds. The van der Waals surface area contributed by atoms with Gasteiger partial charge in [-0.3, -0.25) is 10.1 Å². The number of carbonyl (C=O) groups is 1. The summed E-state index contributed by atoms with van der Waals surface area (Å²) in [4.78, 5) is 14.2. The zero-order valence-electron chi connectivity index (χ0n) is 24.2. The van der Waals surface area contributed by atoms with Crippen LogP contribution in [0.3, 0.4) is 0 Å². The number of aliphatic hydroxyl groups is 4. The lowest BCUT2D eigenvalue weighted by molar-refractivity contribution is -0.129. The predicted molar refractivity (Wildman–Crippen MR) is 149 cm³/mol. The average Bonchev–Trinajstić information content (AvgIpc) is 3.50. The van der Waals surface area contributed by atoms with Gasteiger partial charge in [-0.1, -0.05) is 17.3 Å². The van der Waals surface area contributed by atoms with E-state index in [1.165, 1.54) is 0 Å². The lowest BCUT2D eigenvalue weighted by Gasteiger charge is -2.27. The number of aryl methyl sites for hydroxylation is 1. The van der Waals surface area contributed by atoms with Gasteiger partial charge in [0.1, 0.15) is 24.0 Å². The smallest absolute Gasteiger partial charge is 0.241 e. The van der Waals surface area contributed by atoms with Crippen LogP contribution in [0, 0.1) is 0 Å². The Bertz CT molecular complexity index is 1030. The minimum absolute atomic E-state index is 0.0378. The number of rotatable bonds is 19. The van der Waals surface area contributed by atoms with Crippen LogP contribution in [0.5, 0.6) is 5.75 Å². The fourth-order valence-electron chi connectivity index (χ4n) is 4.38. The van der Waals surface area contributed by atoms with Gasteiger partial charge in [-0.05, 0) is 57.2 Å². The number of amides is 1. The highest BCUT2D eigenvalue weighted by molar-refractivity contribution is 5.85. The summed E-state index contributed by atoms with van der Waals surface area (Å²) < 4.78 is 18.5. The monoisotopic (exact) mass is 579 g/mol. The fourth-order valence-corrected chi connectivity index (χ4v) is 4.38. The highest BCUT2D eigenvalue weighted by Crippen LogP contribution is 2.22. The molecule has 1 saturated heterocycles. The number of nitrogens with zero attached hydrogens (tertiary/aromatic N) is 4. The van der Waals surface area contributed by atoms with Crippen LogP contribution in [0.4, 0.5) is 0 Å². The van der Waals surface area contributed by atoms with E-state index in [2.05, 4.69) is 15.6 Å². The van der Waals surface area contributed by atoms with Crippen LogP contribution in [-0.4, -0.2) is 123 Å². The number of likely N-dealkylation sites (N-methyl/N-ethyl adjacent to an activating group) is 1. The van der Waals surface area contributed by atoms with Crippen LogP contribution in [0.1, 0.15) is 44.0 Å². The minimum atomic E-state index is -0.978. The van der Waals surface area contributed by atoms with Crippen molar-refractivity contribution < 1.29 is 39.4 Å². The number of benzene rings is 1. The van der Waals surface area contributed by atoms with Crippen molar-refractivity contribution in [1.82, 2.24) is 25.2 Å². The molecular formula is C28H45N5O8. The second-order valence-electron chi connectivity index (χ2n) is 10.9. The molecule has 0 radical (unpaired) electrons. The van der Waals surface area contributed by atoms with Gasteiger partial charge in [0.15, 0.2) is 0 Å². The van der Waals surface area contributed by atoms with Gasteiger partial charge in [0.2, 0.25) is 5.91 Å². The molecule has 0 saturated carbocycles. The number of hydrogen-bond donors (Lipinski definition) is 5. The number of hydrogen-bond acceptors (Lipinski definition) is 11. The Morgan fingerprint density at radius 1 is 1.00 bits per heavy atom. The minimum Gasteiger partial charge on any atom is -0.494 e. The summed E-state index contributed by atoms with van der Waals surface area (Å²) in [5, 5.41) is 48.7. The van der Waals surface area contributed by atoms with Crippen molar-refractivity contribution in [3.8, 4) is 5.75 Å². The molecule has 2 aromatic rings. The molecule has 0 bridgehead atoms. The molecule has 0 aliphatic carbocycles. The molecule has 3 atom stereocenters. The number of aliphatic hydroxyl groups excluding tert-OH is 4. The van der Waals surface area contributed by atoms with Crippen molar-refractivity contribution in [2.24, 2.45) is 0 Å². The standard InChI is InChI=1S/C28H45N5O8/c1-28(2)29-26(27(38)32(28)3)12-20-7-9-25(10-8-20)41-11-5-4-6-21-13-33(31-30-21)22(16-39-18-23(36)14-34)17-40-19-24(37)15-35/h7-10,13,22-24,26,29,34-37H,4-6,11-12,14-19H2,1-3H3/t22?,23?,24?,26-/m0/s1. The summed E-state index contributed by atoms with van der Waals surface area (Å²) in [5.41, 5.74) is 1.52. The van der Waals surface area contributed by atoms with E-state index in [4.69, 9.17) is 24.4 Å². The van der Waals surface area contributed by atoms with Gasteiger partial charge in [-0.2, -0.15) is 0 Å². The first-order valence-electron chi connectivity index (χ1n) is 14.0. The van der Waals surface area contributed by atoms with Gasteiger partial charge >= 0.3 is 0 Å². The normalized spacial score (nSPS) is 19.0. The van der Waals surface area contributed by atoms with E-state index >= 15 is 0 Å². The molecular weight excluding hydrogens is 534 g/mol. The second kappa shape index (κ2) is 16.1. The Labute approximate surface area is 241 Å². The van der Waals surface area contributed by atoms with Crippen LogP contribution in [0.15, 0.2) is 30.5 Å². The molecule has 41 heavy (non-hydrogen) atoms.